The molecule has 1 saturated carbocycles. The smallest absolute Gasteiger partial charge is 0.323 e. The highest BCUT2D eigenvalue weighted by Crippen LogP contribution is 2.29. The average molecular weight is 240 g/mol. The molecular formula is C11H16N2O4. The van der Waals surface area contributed by atoms with Crippen molar-refractivity contribution in [2.45, 2.75) is 25.3 Å². The maximum Gasteiger partial charge on any atom is 0.323 e. The van der Waals surface area contributed by atoms with Crippen LogP contribution in [0.5, 0.6) is 0 Å². The molecule has 6 nitrogen and oxygen atoms in total. The Kier molecular flexibility index (Phi) is 3.04. The Morgan fingerprint density at radius 1 is 1.47 bits per heavy atom. The van der Waals surface area contributed by atoms with Crippen LogP contribution in [0.4, 0.5) is 0 Å². The van der Waals surface area contributed by atoms with Gasteiger partial charge >= 0.3 is 5.97 Å². The number of hydrogen-bond acceptors (Lipinski definition) is 3. The summed E-state index contributed by atoms with van der Waals surface area (Å²) in [6.07, 6.45) is 1.95. The first-order valence-corrected chi connectivity index (χ1v) is 5.75. The van der Waals surface area contributed by atoms with Crippen LogP contribution in [0.25, 0.3) is 0 Å². The summed E-state index contributed by atoms with van der Waals surface area (Å²) in [5, 5.41) is 8.78. The molecule has 2 rings (SSSR count). The van der Waals surface area contributed by atoms with Gasteiger partial charge in [0, 0.05) is 26.1 Å². The molecule has 1 N–H and O–H groups in total. The fourth-order valence-electron chi connectivity index (χ4n) is 2.18. The van der Waals surface area contributed by atoms with Gasteiger partial charge in [-0.25, -0.2) is 0 Å². The Labute approximate surface area is 99.2 Å². The van der Waals surface area contributed by atoms with Crippen LogP contribution in [0, 0.1) is 5.92 Å². The van der Waals surface area contributed by atoms with Crippen LogP contribution in [-0.4, -0.2) is 58.9 Å². The Hall–Kier alpha value is -1.59. The van der Waals surface area contributed by atoms with Crippen molar-refractivity contribution in [1.82, 2.24) is 9.80 Å². The number of likely N-dealkylation sites (tertiary alicyclic amines) is 1. The van der Waals surface area contributed by atoms with E-state index in [0.717, 1.165) is 12.8 Å². The van der Waals surface area contributed by atoms with Crippen LogP contribution in [-0.2, 0) is 14.4 Å². The molecule has 0 aromatic rings. The second kappa shape index (κ2) is 4.35. The van der Waals surface area contributed by atoms with Crippen molar-refractivity contribution >= 4 is 17.8 Å². The summed E-state index contributed by atoms with van der Waals surface area (Å²) in [7, 11) is 1.66. The molecule has 1 unspecified atom stereocenters. The summed E-state index contributed by atoms with van der Waals surface area (Å²) in [5.41, 5.74) is 0. The molecular weight excluding hydrogens is 224 g/mol. The molecule has 1 atom stereocenters. The van der Waals surface area contributed by atoms with E-state index in [9.17, 15) is 14.4 Å². The fourth-order valence-corrected chi connectivity index (χ4v) is 2.18. The highest BCUT2D eigenvalue weighted by Gasteiger charge is 2.40. The third kappa shape index (κ3) is 2.57. The highest BCUT2D eigenvalue weighted by atomic mass is 16.4. The zero-order chi connectivity index (χ0) is 12.6. The molecule has 0 aromatic carbocycles. The second-order valence-corrected chi connectivity index (χ2v) is 4.77. The number of rotatable bonds is 4. The van der Waals surface area contributed by atoms with Crippen molar-refractivity contribution in [3.63, 3.8) is 0 Å². The monoisotopic (exact) mass is 240 g/mol. The first-order valence-electron chi connectivity index (χ1n) is 5.75. The maximum absolute atomic E-state index is 12.1. The minimum absolute atomic E-state index is 0.0468. The van der Waals surface area contributed by atoms with Crippen LogP contribution in [0.15, 0.2) is 0 Å². The van der Waals surface area contributed by atoms with Crippen LogP contribution < -0.4 is 0 Å². The lowest BCUT2D eigenvalue weighted by Crippen LogP contribution is -2.41. The van der Waals surface area contributed by atoms with Crippen molar-refractivity contribution in [3.05, 3.63) is 0 Å². The fraction of sp³-hybridized carbons (Fsp3) is 0.727. The van der Waals surface area contributed by atoms with Gasteiger partial charge in [0.05, 0.1) is 5.92 Å². The Morgan fingerprint density at radius 2 is 2.12 bits per heavy atom. The van der Waals surface area contributed by atoms with E-state index in [4.69, 9.17) is 5.11 Å². The van der Waals surface area contributed by atoms with Crippen molar-refractivity contribution in [1.29, 1.82) is 0 Å². The van der Waals surface area contributed by atoms with E-state index in [1.165, 1.54) is 9.80 Å². The van der Waals surface area contributed by atoms with Gasteiger partial charge in [-0.05, 0) is 12.8 Å². The van der Waals surface area contributed by atoms with Crippen LogP contribution in [0.1, 0.15) is 19.3 Å². The lowest BCUT2D eigenvalue weighted by Gasteiger charge is -2.23. The molecule has 0 aromatic heterocycles. The molecule has 2 fully saturated rings. The molecule has 0 bridgehead atoms. The molecule has 2 aliphatic rings. The van der Waals surface area contributed by atoms with Crippen molar-refractivity contribution in [2.75, 3.05) is 20.1 Å². The molecule has 1 aliphatic heterocycles. The zero-order valence-electron chi connectivity index (χ0n) is 9.76. The summed E-state index contributed by atoms with van der Waals surface area (Å²) >= 11 is 0. The van der Waals surface area contributed by atoms with Gasteiger partial charge in [0.2, 0.25) is 11.8 Å². The number of amides is 2. The Bertz CT molecular complexity index is 364. The molecule has 17 heavy (non-hydrogen) atoms. The van der Waals surface area contributed by atoms with E-state index in [2.05, 4.69) is 0 Å². The normalized spacial score (nSPS) is 23.9. The predicted octanol–water partition coefficient (Wildman–Crippen LogP) is -0.460. The number of carbonyl (C=O) groups is 3. The molecule has 1 aliphatic carbocycles. The van der Waals surface area contributed by atoms with E-state index in [0.29, 0.717) is 6.54 Å². The maximum atomic E-state index is 12.1. The van der Waals surface area contributed by atoms with Gasteiger partial charge in [-0.3, -0.25) is 14.4 Å². The lowest BCUT2D eigenvalue weighted by atomic mass is 10.1. The van der Waals surface area contributed by atoms with E-state index in [-0.39, 0.29) is 36.7 Å². The molecule has 94 valence electrons. The van der Waals surface area contributed by atoms with Crippen LogP contribution in [0.3, 0.4) is 0 Å². The average Bonchev–Trinajstić information content (AvgIpc) is 3.02. The summed E-state index contributed by atoms with van der Waals surface area (Å²) in [6, 6.07) is 0.0691. The van der Waals surface area contributed by atoms with Gasteiger partial charge in [-0.1, -0.05) is 0 Å². The van der Waals surface area contributed by atoms with Gasteiger partial charge in [0.15, 0.2) is 0 Å². The van der Waals surface area contributed by atoms with E-state index < -0.39 is 5.97 Å². The van der Waals surface area contributed by atoms with Gasteiger partial charge in [-0.15, -0.1) is 0 Å². The second-order valence-electron chi connectivity index (χ2n) is 4.77. The quantitative estimate of drug-likeness (QED) is 0.721. The highest BCUT2D eigenvalue weighted by molar-refractivity contribution is 5.90. The third-order valence-electron chi connectivity index (χ3n) is 3.27. The number of nitrogens with zero attached hydrogens (tertiary/aromatic N) is 2. The van der Waals surface area contributed by atoms with Crippen LogP contribution in [0.2, 0.25) is 0 Å². The number of hydrogen-bond donors (Lipinski definition) is 1. The Balaban J connectivity index is 2.01. The number of carboxylic acids is 1. The molecule has 2 amide bonds. The van der Waals surface area contributed by atoms with E-state index >= 15 is 0 Å². The molecule has 6 heteroatoms. The summed E-state index contributed by atoms with van der Waals surface area (Å²) < 4.78 is 0. The lowest BCUT2D eigenvalue weighted by molar-refractivity contribution is -0.146. The number of carbonyl (C=O) groups excluding carboxylic acids is 2. The van der Waals surface area contributed by atoms with Crippen molar-refractivity contribution < 1.29 is 19.5 Å². The third-order valence-corrected chi connectivity index (χ3v) is 3.27. The number of carboxylic acid groups (broad SMARTS) is 1. The first kappa shape index (κ1) is 11.9. The van der Waals surface area contributed by atoms with Crippen LogP contribution >= 0.6 is 0 Å². The summed E-state index contributed by atoms with van der Waals surface area (Å²) in [6.45, 7) is 0.151. The minimum atomic E-state index is -0.997. The van der Waals surface area contributed by atoms with Gasteiger partial charge in [0.1, 0.15) is 6.54 Å². The van der Waals surface area contributed by atoms with Crippen molar-refractivity contribution in [3.8, 4) is 0 Å². The zero-order valence-corrected chi connectivity index (χ0v) is 9.76. The first-order chi connectivity index (χ1) is 7.99. The largest absolute Gasteiger partial charge is 0.480 e. The Morgan fingerprint density at radius 3 is 2.53 bits per heavy atom. The van der Waals surface area contributed by atoms with Crippen molar-refractivity contribution in [2.24, 2.45) is 5.92 Å². The van der Waals surface area contributed by atoms with Gasteiger partial charge in [-0.2, -0.15) is 0 Å². The molecule has 0 spiro atoms. The summed E-state index contributed by atoms with van der Waals surface area (Å²) in [5.74, 6) is -1.60. The SMILES string of the molecule is CN1CC(C(=O)N(CC(=O)O)C2CC2)CC1=O. The van der Waals surface area contributed by atoms with E-state index in [1.807, 2.05) is 0 Å². The topological polar surface area (TPSA) is 77.9 Å². The predicted molar refractivity (Wildman–Crippen MR) is 58.1 cm³/mol. The number of aliphatic carboxylic acids is 1. The summed E-state index contributed by atoms with van der Waals surface area (Å²) in [4.78, 5) is 37.2. The van der Waals surface area contributed by atoms with E-state index in [1.54, 1.807) is 7.05 Å². The minimum Gasteiger partial charge on any atom is -0.480 e. The standard InChI is InChI=1S/C11H16N2O4/c1-12-5-7(4-9(12)14)11(17)13(6-10(15)16)8-2-3-8/h7-8H,2-6H2,1H3,(H,15,16). The molecule has 1 heterocycles. The van der Waals surface area contributed by atoms with Gasteiger partial charge < -0.3 is 14.9 Å². The molecule has 0 radical (unpaired) electrons. The van der Waals surface area contributed by atoms with Gasteiger partial charge in [0.25, 0.3) is 0 Å². The molecule has 1 saturated heterocycles.